The average molecular weight is 273 g/mol. The minimum atomic E-state index is 0.0904. The number of Topliss-reactive ketones (excluding diaryl/α,β-unsaturated/α-hetero) is 1. The number of aryl methyl sites for hydroxylation is 1. The summed E-state index contributed by atoms with van der Waals surface area (Å²) in [5.74, 6) is 0.928. The molecule has 1 N–H and O–H groups in total. The first-order chi connectivity index (χ1) is 9.65. The van der Waals surface area contributed by atoms with Gasteiger partial charge >= 0.3 is 0 Å². The van der Waals surface area contributed by atoms with Crippen molar-refractivity contribution in [3.05, 3.63) is 23.3 Å². The number of hydrogen-bond acceptors (Lipinski definition) is 3. The molecule has 0 atom stereocenters. The zero-order chi connectivity index (χ0) is 14.1. The van der Waals surface area contributed by atoms with E-state index in [1.165, 1.54) is 0 Å². The molecular formula is C16H19NO3. The van der Waals surface area contributed by atoms with E-state index in [4.69, 9.17) is 4.74 Å². The minimum Gasteiger partial charge on any atom is -0.492 e. The summed E-state index contributed by atoms with van der Waals surface area (Å²) in [6.45, 7) is 2.33. The number of rotatable bonds is 2. The van der Waals surface area contributed by atoms with Crippen molar-refractivity contribution in [1.82, 2.24) is 0 Å². The quantitative estimate of drug-likeness (QED) is 0.900. The molecule has 0 radical (unpaired) electrons. The van der Waals surface area contributed by atoms with Crippen LogP contribution in [0.25, 0.3) is 0 Å². The molecule has 0 bridgehead atoms. The number of ketones is 1. The summed E-state index contributed by atoms with van der Waals surface area (Å²) in [6.07, 6.45) is 4.66. The number of carbonyl (C=O) groups excluding carboxylic acids is 2. The molecular weight excluding hydrogens is 254 g/mol. The summed E-state index contributed by atoms with van der Waals surface area (Å²) < 4.78 is 5.52. The number of hydrogen-bond donors (Lipinski definition) is 1. The third kappa shape index (κ3) is 2.42. The lowest BCUT2D eigenvalue weighted by molar-refractivity contribution is -0.119. The topological polar surface area (TPSA) is 55.4 Å². The van der Waals surface area contributed by atoms with Gasteiger partial charge in [-0.05, 0) is 31.4 Å². The first-order valence-corrected chi connectivity index (χ1v) is 7.26. The van der Waals surface area contributed by atoms with E-state index in [1.807, 2.05) is 13.0 Å². The third-order valence-corrected chi connectivity index (χ3v) is 4.20. The largest absolute Gasteiger partial charge is 0.492 e. The lowest BCUT2D eigenvalue weighted by atomic mass is 10.0. The second kappa shape index (κ2) is 5.27. The Balaban J connectivity index is 1.83. The maximum absolute atomic E-state index is 12.2. The van der Waals surface area contributed by atoms with E-state index in [0.717, 1.165) is 36.9 Å². The van der Waals surface area contributed by atoms with Gasteiger partial charge in [0.15, 0.2) is 5.78 Å². The predicted octanol–water partition coefficient (Wildman–Crippen LogP) is 3.09. The second-order valence-electron chi connectivity index (χ2n) is 5.66. The van der Waals surface area contributed by atoms with Gasteiger partial charge in [0.05, 0.1) is 12.2 Å². The Labute approximate surface area is 118 Å². The van der Waals surface area contributed by atoms with E-state index in [9.17, 15) is 9.59 Å². The van der Waals surface area contributed by atoms with Crippen LogP contribution in [0.4, 0.5) is 5.69 Å². The van der Waals surface area contributed by atoms with Crippen molar-refractivity contribution in [3.8, 4) is 5.75 Å². The summed E-state index contributed by atoms with van der Waals surface area (Å²) in [4.78, 5) is 24.0. The molecule has 20 heavy (non-hydrogen) atoms. The van der Waals surface area contributed by atoms with E-state index in [1.54, 1.807) is 6.07 Å². The normalized spacial score (nSPS) is 18.6. The van der Waals surface area contributed by atoms with Crippen LogP contribution in [-0.4, -0.2) is 18.3 Å². The van der Waals surface area contributed by atoms with Gasteiger partial charge in [-0.25, -0.2) is 0 Å². The maximum atomic E-state index is 12.2. The van der Waals surface area contributed by atoms with Crippen molar-refractivity contribution in [1.29, 1.82) is 0 Å². The van der Waals surface area contributed by atoms with Crippen LogP contribution in [0, 0.1) is 12.8 Å². The Morgan fingerprint density at radius 3 is 2.80 bits per heavy atom. The third-order valence-electron chi connectivity index (χ3n) is 4.20. The van der Waals surface area contributed by atoms with Gasteiger partial charge in [0, 0.05) is 24.1 Å². The molecule has 1 aliphatic heterocycles. The Bertz CT molecular complexity index is 559. The number of nitrogens with one attached hydrogen (secondary N) is 1. The zero-order valence-corrected chi connectivity index (χ0v) is 11.7. The molecule has 0 saturated heterocycles. The van der Waals surface area contributed by atoms with Crippen LogP contribution >= 0.6 is 0 Å². The minimum absolute atomic E-state index is 0.0904. The fourth-order valence-electron chi connectivity index (χ4n) is 2.97. The second-order valence-corrected chi connectivity index (χ2v) is 5.66. The SMILES string of the molecule is Cc1cc2c(cc1NC(=O)C1CCCC1)OCCC2=O. The van der Waals surface area contributed by atoms with Gasteiger partial charge in [0.1, 0.15) is 5.75 Å². The fourth-order valence-corrected chi connectivity index (χ4v) is 2.97. The van der Waals surface area contributed by atoms with E-state index in [2.05, 4.69) is 5.32 Å². The summed E-state index contributed by atoms with van der Waals surface area (Å²) >= 11 is 0. The van der Waals surface area contributed by atoms with Crippen LogP contribution in [0.3, 0.4) is 0 Å². The van der Waals surface area contributed by atoms with Crippen molar-refractivity contribution in [2.75, 3.05) is 11.9 Å². The highest BCUT2D eigenvalue weighted by atomic mass is 16.5. The fraction of sp³-hybridized carbons (Fsp3) is 0.500. The van der Waals surface area contributed by atoms with Gasteiger partial charge in [-0.1, -0.05) is 12.8 Å². The van der Waals surface area contributed by atoms with Gasteiger partial charge in [-0.2, -0.15) is 0 Å². The number of fused-ring (bicyclic) bond motifs is 1. The van der Waals surface area contributed by atoms with E-state index in [-0.39, 0.29) is 17.6 Å². The molecule has 1 fully saturated rings. The molecule has 1 aromatic rings. The lowest BCUT2D eigenvalue weighted by Gasteiger charge is -2.19. The molecule has 1 aliphatic carbocycles. The van der Waals surface area contributed by atoms with Crippen molar-refractivity contribution in [2.24, 2.45) is 5.92 Å². The van der Waals surface area contributed by atoms with Gasteiger partial charge in [-0.15, -0.1) is 0 Å². The summed E-state index contributed by atoms with van der Waals surface area (Å²) in [6, 6.07) is 3.61. The van der Waals surface area contributed by atoms with E-state index >= 15 is 0 Å². The van der Waals surface area contributed by atoms with Crippen molar-refractivity contribution >= 4 is 17.4 Å². The van der Waals surface area contributed by atoms with Crippen LogP contribution < -0.4 is 10.1 Å². The highest BCUT2D eigenvalue weighted by Gasteiger charge is 2.24. The van der Waals surface area contributed by atoms with Crippen LogP contribution in [0.15, 0.2) is 12.1 Å². The van der Waals surface area contributed by atoms with Crippen molar-refractivity contribution < 1.29 is 14.3 Å². The highest BCUT2D eigenvalue weighted by Crippen LogP contribution is 2.32. The number of amides is 1. The van der Waals surface area contributed by atoms with Crippen LogP contribution in [-0.2, 0) is 4.79 Å². The Hall–Kier alpha value is -1.84. The monoisotopic (exact) mass is 273 g/mol. The molecule has 3 rings (SSSR count). The number of benzene rings is 1. The zero-order valence-electron chi connectivity index (χ0n) is 11.7. The van der Waals surface area contributed by atoms with Gasteiger partial charge in [-0.3, -0.25) is 9.59 Å². The molecule has 2 aliphatic rings. The number of anilines is 1. The molecule has 4 nitrogen and oxygen atoms in total. The molecule has 0 aromatic heterocycles. The predicted molar refractivity (Wildman–Crippen MR) is 76.2 cm³/mol. The number of ether oxygens (including phenoxy) is 1. The Morgan fingerprint density at radius 1 is 1.30 bits per heavy atom. The Morgan fingerprint density at radius 2 is 2.05 bits per heavy atom. The smallest absolute Gasteiger partial charge is 0.227 e. The van der Waals surface area contributed by atoms with Crippen LogP contribution in [0.2, 0.25) is 0 Å². The van der Waals surface area contributed by atoms with E-state index < -0.39 is 0 Å². The van der Waals surface area contributed by atoms with Crippen LogP contribution in [0.1, 0.15) is 48.0 Å². The first-order valence-electron chi connectivity index (χ1n) is 7.26. The van der Waals surface area contributed by atoms with Crippen molar-refractivity contribution in [3.63, 3.8) is 0 Å². The molecule has 0 unspecified atom stereocenters. The molecule has 1 amide bonds. The van der Waals surface area contributed by atoms with E-state index in [0.29, 0.717) is 24.3 Å². The molecule has 1 heterocycles. The lowest BCUT2D eigenvalue weighted by Crippen LogP contribution is -2.22. The summed E-state index contributed by atoms with van der Waals surface area (Å²) in [5, 5.41) is 2.99. The Kier molecular flexibility index (Phi) is 3.47. The van der Waals surface area contributed by atoms with Gasteiger partial charge in [0.25, 0.3) is 0 Å². The van der Waals surface area contributed by atoms with Crippen molar-refractivity contribution in [2.45, 2.75) is 39.0 Å². The molecule has 1 saturated carbocycles. The molecule has 0 spiro atoms. The first kappa shape index (κ1) is 13.2. The molecule has 4 heteroatoms. The maximum Gasteiger partial charge on any atom is 0.227 e. The van der Waals surface area contributed by atoms with Gasteiger partial charge < -0.3 is 10.1 Å². The number of carbonyl (C=O) groups is 2. The standard InChI is InChI=1S/C16H19NO3/c1-10-8-12-14(18)6-7-20-15(12)9-13(10)17-16(19)11-4-2-3-5-11/h8-9,11H,2-7H2,1H3,(H,17,19). The van der Waals surface area contributed by atoms with Gasteiger partial charge in [0.2, 0.25) is 5.91 Å². The average Bonchev–Trinajstić information content (AvgIpc) is 2.95. The van der Waals surface area contributed by atoms with Crippen LogP contribution in [0.5, 0.6) is 5.75 Å². The highest BCUT2D eigenvalue weighted by molar-refractivity contribution is 6.01. The summed E-state index contributed by atoms with van der Waals surface area (Å²) in [7, 11) is 0. The molecule has 1 aromatic carbocycles. The molecule has 106 valence electrons. The summed E-state index contributed by atoms with van der Waals surface area (Å²) in [5.41, 5.74) is 2.30.